The number of halogens is 1. The van der Waals surface area contributed by atoms with Gasteiger partial charge in [-0.2, -0.15) is 5.09 Å². The molecule has 5 atom stereocenters. The Labute approximate surface area is 194 Å². The minimum absolute atomic E-state index is 0.0253. The normalized spacial score (nSPS) is 22.9. The van der Waals surface area contributed by atoms with E-state index >= 15 is 0 Å². The molecule has 1 saturated heterocycles. The van der Waals surface area contributed by atoms with Crippen molar-refractivity contribution in [3.05, 3.63) is 48.9 Å². The van der Waals surface area contributed by atoms with E-state index in [0.29, 0.717) is 16.9 Å². The number of nitrogens with two attached hydrogens (primary N) is 1. The highest BCUT2D eigenvalue weighted by Crippen LogP contribution is 2.46. The number of hydrogen-bond acceptors (Lipinski definition) is 9. The first-order valence-electron chi connectivity index (χ1n) is 10.5. The molecule has 2 aromatic heterocycles. The van der Waals surface area contributed by atoms with Gasteiger partial charge in [0.2, 0.25) is 0 Å². The molecule has 13 heteroatoms. The van der Waals surface area contributed by atoms with E-state index in [2.05, 4.69) is 19.8 Å². The maximum Gasteiger partial charge on any atom is 0.459 e. The monoisotopic (exact) mass is 493 g/mol. The number of carbonyl (C=O) groups excluding carboxylic acids is 1. The molecule has 0 amide bonds. The summed E-state index contributed by atoms with van der Waals surface area (Å²) < 4.78 is 51.5. The van der Waals surface area contributed by atoms with Crippen molar-refractivity contribution in [1.29, 1.82) is 0 Å². The van der Waals surface area contributed by atoms with Crippen LogP contribution >= 0.6 is 7.75 Å². The molecule has 3 N–H and O–H groups in total. The van der Waals surface area contributed by atoms with Crippen molar-refractivity contribution in [2.75, 3.05) is 19.5 Å². The Hall–Kier alpha value is -3.05. The first kappa shape index (κ1) is 24.1. The molecule has 1 aromatic carbocycles. The highest BCUT2D eigenvalue weighted by atomic mass is 31.2. The van der Waals surface area contributed by atoms with Gasteiger partial charge in [-0.3, -0.25) is 9.32 Å². The molecular formula is C21H25FN5O6P. The van der Waals surface area contributed by atoms with Gasteiger partial charge in [0.15, 0.2) is 0 Å². The van der Waals surface area contributed by atoms with Crippen LogP contribution in [0.2, 0.25) is 0 Å². The second-order valence-electron chi connectivity index (χ2n) is 7.67. The van der Waals surface area contributed by atoms with Gasteiger partial charge in [0, 0.05) is 12.6 Å². The van der Waals surface area contributed by atoms with Gasteiger partial charge in [0.1, 0.15) is 48.1 Å². The summed E-state index contributed by atoms with van der Waals surface area (Å²) in [5.74, 6) is -0.112. The molecule has 11 nitrogen and oxygen atoms in total. The Morgan fingerprint density at radius 3 is 2.85 bits per heavy atom. The molecule has 3 aromatic rings. The fourth-order valence-corrected chi connectivity index (χ4v) is 5.08. The Bertz CT molecular complexity index is 1190. The summed E-state index contributed by atoms with van der Waals surface area (Å²) in [6.07, 6.45) is -0.0834. The average Bonchev–Trinajstić information content (AvgIpc) is 3.42. The second kappa shape index (κ2) is 10.1. The van der Waals surface area contributed by atoms with Crippen LogP contribution < -0.4 is 15.3 Å². The van der Waals surface area contributed by atoms with Crippen LogP contribution in [0.5, 0.6) is 5.75 Å². The highest BCUT2D eigenvalue weighted by Gasteiger charge is 2.40. The van der Waals surface area contributed by atoms with Crippen LogP contribution in [-0.4, -0.2) is 52.5 Å². The molecule has 0 spiro atoms. The van der Waals surface area contributed by atoms with Gasteiger partial charge in [0.25, 0.3) is 0 Å². The molecule has 0 bridgehead atoms. The Kier molecular flexibility index (Phi) is 7.13. The summed E-state index contributed by atoms with van der Waals surface area (Å²) in [7, 11) is -2.91. The largest absolute Gasteiger partial charge is 0.468 e. The number of fused-ring (bicyclic) bond motifs is 1. The van der Waals surface area contributed by atoms with Crippen LogP contribution in [0, 0.1) is 0 Å². The number of hydrogen-bond donors (Lipinski definition) is 2. The smallest absolute Gasteiger partial charge is 0.459 e. The van der Waals surface area contributed by atoms with Gasteiger partial charge in [-0.25, -0.2) is 18.9 Å². The topological polar surface area (TPSA) is 140 Å². The van der Waals surface area contributed by atoms with Crippen molar-refractivity contribution in [2.45, 2.75) is 37.9 Å². The number of rotatable bonds is 9. The number of benzene rings is 1. The Morgan fingerprint density at radius 2 is 2.12 bits per heavy atom. The van der Waals surface area contributed by atoms with Crippen LogP contribution in [0.15, 0.2) is 48.9 Å². The van der Waals surface area contributed by atoms with Crippen molar-refractivity contribution in [3.8, 4) is 5.75 Å². The number of anilines is 1. The van der Waals surface area contributed by atoms with Gasteiger partial charge in [0.05, 0.1) is 19.1 Å². The number of nitrogens with zero attached hydrogens (tertiary/aromatic N) is 3. The minimum atomic E-state index is -4.11. The molecule has 182 valence electrons. The molecule has 2 unspecified atom stereocenters. The van der Waals surface area contributed by atoms with Crippen LogP contribution in [-0.2, 0) is 23.4 Å². The summed E-state index contributed by atoms with van der Waals surface area (Å²) in [4.78, 5) is 20.0. The van der Waals surface area contributed by atoms with E-state index in [1.165, 1.54) is 20.4 Å². The molecule has 1 aliphatic rings. The van der Waals surface area contributed by atoms with Crippen LogP contribution in [0.4, 0.5) is 10.2 Å². The second-order valence-corrected chi connectivity index (χ2v) is 9.37. The van der Waals surface area contributed by atoms with Gasteiger partial charge in [-0.05, 0) is 25.1 Å². The Balaban J connectivity index is 1.47. The minimum Gasteiger partial charge on any atom is -0.468 e. The number of methoxy groups -OCH3 is 1. The molecule has 34 heavy (non-hydrogen) atoms. The van der Waals surface area contributed by atoms with Crippen molar-refractivity contribution in [1.82, 2.24) is 19.6 Å². The van der Waals surface area contributed by atoms with Crippen LogP contribution in [0.25, 0.3) is 11.0 Å². The molecule has 0 saturated carbocycles. The quantitative estimate of drug-likeness (QED) is 0.338. The fraction of sp³-hybridized carbons (Fsp3) is 0.381. The zero-order valence-corrected chi connectivity index (χ0v) is 19.4. The summed E-state index contributed by atoms with van der Waals surface area (Å²) >= 11 is 0. The number of carbonyl (C=O) groups is 1. The number of para-hydroxylation sites is 1. The van der Waals surface area contributed by atoms with E-state index < -0.39 is 38.3 Å². The Morgan fingerprint density at radius 1 is 1.35 bits per heavy atom. The fourth-order valence-electron chi connectivity index (χ4n) is 3.58. The van der Waals surface area contributed by atoms with E-state index in [-0.39, 0.29) is 18.8 Å². The third kappa shape index (κ3) is 5.20. The standard InChI is InChI=1S/C21H25FN5O6P/c1-13(21(28)30-2)26-34(29,33-14-6-4-3-5-7-14)31-11-17-16(22)10-18(32-17)27-9-8-15-19(23)24-12-25-20(15)27/h3-9,12-13,16-18H,10-11H2,1-2H3,(H,26,29)(H2,23,24,25)/t13-,16?,17+,18+,34?/m0/s1. The predicted molar refractivity (Wildman–Crippen MR) is 121 cm³/mol. The lowest BCUT2D eigenvalue weighted by Crippen LogP contribution is -2.35. The lowest BCUT2D eigenvalue weighted by Gasteiger charge is -2.24. The van der Waals surface area contributed by atoms with Gasteiger partial charge >= 0.3 is 13.7 Å². The van der Waals surface area contributed by atoms with E-state index in [4.69, 9.17) is 19.5 Å². The lowest BCUT2D eigenvalue weighted by molar-refractivity contribution is -0.142. The van der Waals surface area contributed by atoms with E-state index in [1.807, 2.05) is 0 Å². The summed E-state index contributed by atoms with van der Waals surface area (Å²) in [6.45, 7) is 1.06. The molecular weight excluding hydrogens is 468 g/mol. The highest BCUT2D eigenvalue weighted by molar-refractivity contribution is 7.52. The zero-order chi connectivity index (χ0) is 24.3. The summed E-state index contributed by atoms with van der Waals surface area (Å²) in [5, 5.41) is 3.15. The number of nitrogen functional groups attached to an aromatic ring is 1. The summed E-state index contributed by atoms with van der Waals surface area (Å²) in [5.41, 5.74) is 6.38. The molecule has 0 radical (unpaired) electrons. The predicted octanol–water partition coefficient (Wildman–Crippen LogP) is 2.99. The van der Waals surface area contributed by atoms with Crippen LogP contribution in [0.3, 0.4) is 0 Å². The molecule has 3 heterocycles. The van der Waals surface area contributed by atoms with Gasteiger partial charge in [-0.1, -0.05) is 18.2 Å². The van der Waals surface area contributed by atoms with Crippen molar-refractivity contribution in [3.63, 3.8) is 0 Å². The van der Waals surface area contributed by atoms with Crippen LogP contribution in [0.1, 0.15) is 19.6 Å². The molecule has 1 aliphatic heterocycles. The number of alkyl halides is 1. The van der Waals surface area contributed by atoms with Gasteiger partial charge < -0.3 is 24.3 Å². The number of nitrogens with one attached hydrogen (secondary N) is 1. The van der Waals surface area contributed by atoms with E-state index in [9.17, 15) is 13.8 Å². The maximum absolute atomic E-state index is 14.9. The zero-order valence-electron chi connectivity index (χ0n) is 18.5. The number of ether oxygens (including phenoxy) is 2. The molecule has 1 fully saturated rings. The summed E-state index contributed by atoms with van der Waals surface area (Å²) in [6, 6.07) is 9.00. The van der Waals surface area contributed by atoms with Crippen molar-refractivity contribution < 1.29 is 32.3 Å². The van der Waals surface area contributed by atoms with Gasteiger partial charge in [-0.15, -0.1) is 0 Å². The number of aromatic nitrogens is 3. The molecule has 0 aliphatic carbocycles. The first-order chi connectivity index (χ1) is 16.3. The van der Waals surface area contributed by atoms with Crippen molar-refractivity contribution in [2.24, 2.45) is 0 Å². The SMILES string of the molecule is COC(=O)[C@H](C)NP(=O)(OC[C@H]1O[C@@H](n2ccc3c(N)ncnc32)CC1F)Oc1ccccc1. The third-order valence-electron chi connectivity index (χ3n) is 5.30. The number of esters is 1. The average molecular weight is 493 g/mol. The van der Waals surface area contributed by atoms with E-state index in [1.54, 1.807) is 47.2 Å². The van der Waals surface area contributed by atoms with E-state index in [0.717, 1.165) is 0 Å². The first-order valence-corrected chi connectivity index (χ1v) is 12.1. The third-order valence-corrected chi connectivity index (χ3v) is 6.94. The van der Waals surface area contributed by atoms with Crippen molar-refractivity contribution >= 4 is 30.6 Å². The lowest BCUT2D eigenvalue weighted by atomic mass is 10.2. The molecule has 4 rings (SSSR count). The maximum atomic E-state index is 14.9.